The molecule has 0 unspecified atom stereocenters. The van der Waals surface area contributed by atoms with Crippen LogP contribution in [0.1, 0.15) is 15.9 Å². The van der Waals surface area contributed by atoms with E-state index < -0.39 is 4.92 Å². The lowest BCUT2D eigenvalue weighted by Gasteiger charge is -2.07. The fourth-order valence-corrected chi connectivity index (χ4v) is 3.23. The molecule has 0 saturated carbocycles. The van der Waals surface area contributed by atoms with Crippen LogP contribution in [0.3, 0.4) is 0 Å². The molecule has 0 bridgehead atoms. The van der Waals surface area contributed by atoms with Gasteiger partial charge in [0.25, 0.3) is 11.6 Å². The minimum atomic E-state index is -0.556. The molecule has 2 aromatic rings. The van der Waals surface area contributed by atoms with Gasteiger partial charge in [0, 0.05) is 35.2 Å². The van der Waals surface area contributed by atoms with E-state index in [1.54, 1.807) is 11.8 Å². The third kappa shape index (κ3) is 5.40. The van der Waals surface area contributed by atoms with E-state index >= 15 is 0 Å². The highest BCUT2D eigenvalue weighted by atomic mass is 35.5. The molecular formula is C16H14Cl2N2O3S. The second-order valence-corrected chi connectivity index (χ2v) is 6.81. The lowest BCUT2D eigenvalue weighted by molar-refractivity contribution is -0.384. The van der Waals surface area contributed by atoms with Crippen molar-refractivity contribution >= 4 is 46.6 Å². The van der Waals surface area contributed by atoms with Crippen LogP contribution >= 0.6 is 35.0 Å². The van der Waals surface area contributed by atoms with Crippen LogP contribution in [0.4, 0.5) is 5.69 Å². The highest BCUT2D eigenvalue weighted by Crippen LogP contribution is 2.22. The van der Waals surface area contributed by atoms with Crippen LogP contribution in [0, 0.1) is 10.1 Å². The van der Waals surface area contributed by atoms with Crippen molar-refractivity contribution in [1.82, 2.24) is 5.32 Å². The van der Waals surface area contributed by atoms with Crippen molar-refractivity contribution in [3.8, 4) is 0 Å². The molecule has 0 aliphatic heterocycles. The molecule has 0 fully saturated rings. The summed E-state index contributed by atoms with van der Waals surface area (Å²) in [7, 11) is 0. The molecule has 0 aliphatic rings. The summed E-state index contributed by atoms with van der Waals surface area (Å²) < 4.78 is 0. The Morgan fingerprint density at radius 2 is 2.00 bits per heavy atom. The summed E-state index contributed by atoms with van der Waals surface area (Å²) >= 11 is 13.5. The van der Waals surface area contributed by atoms with Crippen molar-refractivity contribution in [2.75, 3.05) is 12.3 Å². The first-order chi connectivity index (χ1) is 11.5. The summed E-state index contributed by atoms with van der Waals surface area (Å²) in [4.78, 5) is 22.1. The van der Waals surface area contributed by atoms with E-state index in [4.69, 9.17) is 23.2 Å². The number of carbonyl (C=O) groups excluding carboxylic acids is 1. The Morgan fingerprint density at radius 1 is 1.21 bits per heavy atom. The van der Waals surface area contributed by atoms with Crippen LogP contribution < -0.4 is 5.32 Å². The number of rotatable bonds is 7. The second kappa shape index (κ2) is 8.92. The van der Waals surface area contributed by atoms with E-state index in [1.807, 2.05) is 24.3 Å². The molecule has 1 N–H and O–H groups in total. The summed E-state index contributed by atoms with van der Waals surface area (Å²) in [5.41, 5.74) is 1.20. The molecule has 8 heteroatoms. The van der Waals surface area contributed by atoms with Crippen molar-refractivity contribution < 1.29 is 9.72 Å². The molecule has 126 valence electrons. The third-order valence-corrected chi connectivity index (χ3v) is 4.68. The smallest absolute Gasteiger partial charge is 0.270 e. The maximum absolute atomic E-state index is 12.0. The number of amides is 1. The van der Waals surface area contributed by atoms with Gasteiger partial charge in [-0.25, -0.2) is 0 Å². The fourth-order valence-electron chi connectivity index (χ4n) is 1.95. The van der Waals surface area contributed by atoms with Gasteiger partial charge in [0.2, 0.25) is 0 Å². The first-order valence-corrected chi connectivity index (χ1v) is 8.93. The Hall–Kier alpha value is -1.76. The number of nitro groups is 1. The molecule has 0 aliphatic carbocycles. The Balaban J connectivity index is 1.78. The first kappa shape index (κ1) is 18.6. The van der Waals surface area contributed by atoms with Crippen LogP contribution in [-0.4, -0.2) is 23.1 Å². The fraction of sp³-hybridized carbons (Fsp3) is 0.188. The molecule has 0 aromatic heterocycles. The van der Waals surface area contributed by atoms with Gasteiger partial charge in [-0.1, -0.05) is 35.3 Å². The maximum atomic E-state index is 12.0. The highest BCUT2D eigenvalue weighted by molar-refractivity contribution is 7.98. The zero-order chi connectivity index (χ0) is 17.5. The van der Waals surface area contributed by atoms with Gasteiger partial charge in [-0.2, -0.15) is 11.8 Å². The van der Waals surface area contributed by atoms with Gasteiger partial charge in [0.1, 0.15) is 0 Å². The van der Waals surface area contributed by atoms with Gasteiger partial charge >= 0.3 is 0 Å². The number of carbonyl (C=O) groups is 1. The Labute approximate surface area is 153 Å². The van der Waals surface area contributed by atoms with Crippen LogP contribution in [-0.2, 0) is 5.75 Å². The van der Waals surface area contributed by atoms with Crippen molar-refractivity contribution in [2.24, 2.45) is 0 Å². The molecule has 24 heavy (non-hydrogen) atoms. The topological polar surface area (TPSA) is 72.2 Å². The highest BCUT2D eigenvalue weighted by Gasteiger charge is 2.14. The van der Waals surface area contributed by atoms with Gasteiger partial charge in [0.15, 0.2) is 0 Å². The summed E-state index contributed by atoms with van der Waals surface area (Å²) in [6.45, 7) is 0.470. The molecular weight excluding hydrogens is 371 g/mol. The van der Waals surface area contributed by atoms with Gasteiger partial charge in [0.05, 0.1) is 15.5 Å². The number of nitrogens with zero attached hydrogens (tertiary/aromatic N) is 1. The van der Waals surface area contributed by atoms with Crippen LogP contribution in [0.5, 0.6) is 0 Å². The minimum Gasteiger partial charge on any atom is -0.351 e. The van der Waals surface area contributed by atoms with E-state index in [2.05, 4.69) is 5.32 Å². The number of nitro benzene ring substituents is 1. The molecule has 2 aromatic carbocycles. The second-order valence-electron chi connectivity index (χ2n) is 4.86. The molecule has 0 atom stereocenters. The van der Waals surface area contributed by atoms with Gasteiger partial charge in [-0.15, -0.1) is 0 Å². The Morgan fingerprint density at radius 3 is 2.67 bits per heavy atom. The maximum Gasteiger partial charge on any atom is 0.270 e. The molecule has 5 nitrogen and oxygen atoms in total. The Bertz CT molecular complexity index is 756. The number of thioether (sulfide) groups is 1. The summed E-state index contributed by atoms with van der Waals surface area (Å²) in [6.07, 6.45) is 0. The normalized spacial score (nSPS) is 10.4. The zero-order valence-corrected chi connectivity index (χ0v) is 14.8. The van der Waals surface area contributed by atoms with Crippen LogP contribution in [0.2, 0.25) is 10.0 Å². The largest absolute Gasteiger partial charge is 0.351 e. The number of hydrogen-bond donors (Lipinski definition) is 1. The van der Waals surface area contributed by atoms with Crippen molar-refractivity contribution in [1.29, 1.82) is 0 Å². The number of nitrogens with one attached hydrogen (secondary N) is 1. The van der Waals surface area contributed by atoms with Gasteiger partial charge in [-0.3, -0.25) is 14.9 Å². The SMILES string of the molecule is O=C(NCCSCc1cccc(Cl)c1)c1ccc([N+](=O)[O-])cc1Cl. The standard InChI is InChI=1S/C16H14Cl2N2O3S/c17-12-3-1-2-11(8-12)10-24-7-6-19-16(21)14-5-4-13(20(22)23)9-15(14)18/h1-5,8-9H,6-7,10H2,(H,19,21). The summed E-state index contributed by atoms with van der Waals surface area (Å²) in [6, 6.07) is 11.4. The molecule has 0 heterocycles. The Kier molecular flexibility index (Phi) is 6.90. The predicted molar refractivity (Wildman–Crippen MR) is 98.1 cm³/mol. The minimum absolute atomic E-state index is 0.0632. The van der Waals surface area contributed by atoms with Gasteiger partial charge < -0.3 is 5.32 Å². The van der Waals surface area contributed by atoms with E-state index in [9.17, 15) is 14.9 Å². The number of benzene rings is 2. The van der Waals surface area contributed by atoms with E-state index in [-0.39, 0.29) is 22.2 Å². The number of hydrogen-bond acceptors (Lipinski definition) is 4. The quantitative estimate of drug-likeness (QED) is 0.431. The first-order valence-electron chi connectivity index (χ1n) is 7.01. The number of halogens is 2. The van der Waals surface area contributed by atoms with E-state index in [0.717, 1.165) is 17.1 Å². The summed E-state index contributed by atoms with van der Waals surface area (Å²) in [5.74, 6) is 1.18. The van der Waals surface area contributed by atoms with Crippen molar-refractivity contribution in [2.45, 2.75) is 5.75 Å². The lowest BCUT2D eigenvalue weighted by Crippen LogP contribution is -2.26. The molecule has 0 spiro atoms. The van der Waals surface area contributed by atoms with Crippen molar-refractivity contribution in [3.05, 3.63) is 73.8 Å². The van der Waals surface area contributed by atoms with E-state index in [0.29, 0.717) is 11.6 Å². The van der Waals surface area contributed by atoms with E-state index in [1.165, 1.54) is 18.2 Å². The molecule has 1 amide bonds. The summed E-state index contributed by atoms with van der Waals surface area (Å²) in [5, 5.41) is 14.2. The molecule has 0 saturated heterocycles. The third-order valence-electron chi connectivity index (χ3n) is 3.10. The monoisotopic (exact) mass is 384 g/mol. The number of non-ortho nitro benzene ring substituents is 1. The van der Waals surface area contributed by atoms with Gasteiger partial charge in [-0.05, 0) is 23.8 Å². The molecule has 0 radical (unpaired) electrons. The molecule has 2 rings (SSSR count). The lowest BCUT2D eigenvalue weighted by atomic mass is 10.2. The zero-order valence-electron chi connectivity index (χ0n) is 12.5. The predicted octanol–water partition coefficient (Wildman–Crippen LogP) is 4.56. The average molecular weight is 385 g/mol. The van der Waals surface area contributed by atoms with Crippen LogP contribution in [0.15, 0.2) is 42.5 Å². The average Bonchev–Trinajstić information content (AvgIpc) is 2.54. The van der Waals surface area contributed by atoms with Crippen molar-refractivity contribution in [3.63, 3.8) is 0 Å². The van der Waals surface area contributed by atoms with Crippen LogP contribution in [0.25, 0.3) is 0 Å².